The highest BCUT2D eigenvalue weighted by molar-refractivity contribution is 6.07. The number of cyclic esters (lactones) is 7. The Hall–Kier alpha value is -12.5. The van der Waals surface area contributed by atoms with Gasteiger partial charge in [-0.2, -0.15) is 0 Å². The molecular formula is C92H96O21. The molecular weight excluding hydrogens is 1440 g/mol. The number of carbonyl (C=O) groups is 9. The first-order valence-electron chi connectivity index (χ1n) is 37.0. The zero-order valence-electron chi connectivity index (χ0n) is 64.7. The number of hydrogen-bond donors (Lipinski definition) is 5. The molecule has 8 aromatic carbocycles. The molecule has 3 atom stereocenters. The van der Waals surface area contributed by atoms with Crippen molar-refractivity contribution in [1.82, 2.24) is 0 Å². The van der Waals surface area contributed by atoms with Crippen molar-refractivity contribution < 1.29 is 102 Å². The Morgan fingerprint density at radius 3 is 1.29 bits per heavy atom. The van der Waals surface area contributed by atoms with Gasteiger partial charge in [0, 0.05) is 71.6 Å². The number of aliphatic hydroxyl groups is 4. The van der Waals surface area contributed by atoms with E-state index in [-0.39, 0.29) is 53.3 Å². The molecule has 3 unspecified atom stereocenters. The van der Waals surface area contributed by atoms with Crippen molar-refractivity contribution in [2.75, 3.05) is 14.2 Å². The summed E-state index contributed by atoms with van der Waals surface area (Å²) in [5.41, 5.74) is 10.6. The minimum absolute atomic E-state index is 0.00125. The van der Waals surface area contributed by atoms with E-state index in [1.54, 1.807) is 110 Å². The number of ketones is 1. The molecule has 7 heterocycles. The second kappa shape index (κ2) is 45.6. The summed E-state index contributed by atoms with van der Waals surface area (Å²) < 4.78 is 35.3. The molecule has 21 nitrogen and oxygen atoms in total. The number of carboxylic acids is 1. The number of rotatable bonds is 16. The van der Waals surface area contributed by atoms with E-state index in [9.17, 15) is 48.3 Å². The van der Waals surface area contributed by atoms with Gasteiger partial charge in [-0.1, -0.05) is 224 Å². The van der Waals surface area contributed by atoms with Gasteiger partial charge in [-0.15, -0.1) is 0 Å². The van der Waals surface area contributed by atoms with Gasteiger partial charge in [-0.05, 0) is 119 Å². The van der Waals surface area contributed by atoms with Crippen LogP contribution in [0.3, 0.4) is 0 Å². The van der Waals surface area contributed by atoms with Gasteiger partial charge in [-0.3, -0.25) is 4.79 Å². The second-order valence-corrected chi connectivity index (χ2v) is 25.4. The lowest BCUT2D eigenvalue weighted by Gasteiger charge is -2.21. The van der Waals surface area contributed by atoms with E-state index in [4.69, 9.17) is 53.6 Å². The summed E-state index contributed by atoms with van der Waals surface area (Å²) in [6.45, 7) is 19.1. The molecule has 0 amide bonds. The number of ether oxygens (including phenoxy) is 7. The minimum Gasteiger partial charge on any atom is -0.478 e. The molecule has 0 bridgehead atoms. The summed E-state index contributed by atoms with van der Waals surface area (Å²) >= 11 is 0. The van der Waals surface area contributed by atoms with Gasteiger partial charge in [-0.25, -0.2) is 38.4 Å². The summed E-state index contributed by atoms with van der Waals surface area (Å²) in [6, 6.07) is 57.5. The molecule has 0 aliphatic carbocycles. The van der Waals surface area contributed by atoms with Crippen molar-refractivity contribution in [2.45, 2.75) is 137 Å². The molecule has 0 aromatic heterocycles. The molecule has 5 N–H and O–H groups in total. The molecule has 21 heteroatoms. The van der Waals surface area contributed by atoms with Gasteiger partial charge < -0.3 is 58.7 Å². The first-order valence-corrected chi connectivity index (χ1v) is 37.0. The molecule has 7 aliphatic rings. The number of hydrogen-bond acceptors (Lipinski definition) is 20. The van der Waals surface area contributed by atoms with E-state index in [2.05, 4.69) is 27.0 Å². The molecule has 0 saturated carbocycles. The van der Waals surface area contributed by atoms with Crippen molar-refractivity contribution >= 4 is 82.3 Å². The van der Waals surface area contributed by atoms with E-state index < -0.39 is 23.8 Å². The third-order valence-corrected chi connectivity index (χ3v) is 17.4. The molecule has 0 fully saturated rings. The van der Waals surface area contributed by atoms with Crippen LogP contribution in [0.5, 0.6) is 0 Å². The number of carboxylic acid groups (broad SMARTS) is 1. The summed E-state index contributed by atoms with van der Waals surface area (Å²) in [6.07, 6.45) is 18.9. The monoisotopic (exact) mass is 1540 g/mol. The maximum Gasteiger partial charge on any atom is 0.344 e. The quantitative estimate of drug-likeness (QED) is 0.0341. The van der Waals surface area contributed by atoms with Gasteiger partial charge in [0.15, 0.2) is 5.78 Å². The van der Waals surface area contributed by atoms with Crippen LogP contribution in [0.1, 0.15) is 257 Å². The largest absolute Gasteiger partial charge is 0.478 e. The smallest absolute Gasteiger partial charge is 0.344 e. The van der Waals surface area contributed by atoms with E-state index in [0.717, 1.165) is 111 Å². The Balaban J connectivity index is 0.000000200. The normalized spacial score (nSPS) is 16.5. The second-order valence-electron chi connectivity index (χ2n) is 25.4. The van der Waals surface area contributed by atoms with Crippen LogP contribution in [0.4, 0.5) is 0 Å². The number of unbranched alkanes of at least 4 members (excludes halogenated alkanes) is 4. The molecule has 0 radical (unpaired) electrons. The van der Waals surface area contributed by atoms with Crippen LogP contribution >= 0.6 is 0 Å². The fourth-order valence-corrected chi connectivity index (χ4v) is 11.7. The molecule has 0 saturated heterocycles. The summed E-state index contributed by atoms with van der Waals surface area (Å²) in [7, 11) is 2.00. The molecule has 15 rings (SSSR count). The predicted molar refractivity (Wildman–Crippen MR) is 430 cm³/mol. The number of fused-ring (bicyclic) bond motifs is 7. The minimum atomic E-state index is -1.40. The fraction of sp³-hybridized carbons (Fsp3) is 0.250. The third kappa shape index (κ3) is 24.5. The Morgan fingerprint density at radius 1 is 0.451 bits per heavy atom. The molecule has 7 aliphatic heterocycles. The van der Waals surface area contributed by atoms with Crippen molar-refractivity contribution in [3.8, 4) is 0 Å². The van der Waals surface area contributed by atoms with Crippen molar-refractivity contribution in [3.63, 3.8) is 0 Å². The molecule has 590 valence electrons. The molecule has 8 aromatic rings. The van der Waals surface area contributed by atoms with E-state index in [0.29, 0.717) is 92.6 Å². The topological polar surface area (TPSA) is 319 Å². The number of Topliss-reactive ketones (excluding diaryl/α,β-unsaturated/α-hetero) is 1. The Bertz CT molecular complexity index is 4680. The lowest BCUT2D eigenvalue weighted by molar-refractivity contribution is -0.168. The number of esters is 7. The summed E-state index contributed by atoms with van der Waals surface area (Å²) in [5, 5.41) is 42.2. The zero-order valence-corrected chi connectivity index (χ0v) is 64.7. The lowest BCUT2D eigenvalue weighted by atomic mass is 9.98. The van der Waals surface area contributed by atoms with Crippen molar-refractivity contribution in [3.05, 3.63) is 327 Å². The average molecular weight is 1540 g/mol. The number of allylic oxidation sites excluding steroid dienone is 4. The van der Waals surface area contributed by atoms with Crippen molar-refractivity contribution in [2.24, 2.45) is 0 Å². The standard InChI is InChI=1S/C12H12O3.2C12H14O3.C12H14O2.C12H12O2.C12H10O2.2C9H6O2.2CH4O/c1-8(13)6-7-11-9-4-2-3-5-10(9)12(14)15-11;1-2-3-8-12(14)10-7-5-4-6-9(10)11(13)15-12;1-2-3-8-11(13)9-6-4-5-7-10(9)12(14)15;3*1-2-3-8-11-9-6-4-5-7-10(9)12(13)14-11;2*1-6-7-4-2-3-5-8(7)9(10)11-6;2*1-2/h2-5,7-8,13H,6H2,1H3;4-7,14H,2-3,8H2,1H3;4-7H,2-3,8H2,1H3,(H,14,15);4-7,11H,2-3,8H2,1H3;4-8H,2-3H2,1H3;2-8H,1H3;2*2-5H,1H2;2*2H,1H3/b11-7-;;;;11-8-;3-2+,11-8-;;;;. The third-order valence-electron chi connectivity index (χ3n) is 17.4. The van der Waals surface area contributed by atoms with Crippen LogP contribution in [0.15, 0.2) is 238 Å². The van der Waals surface area contributed by atoms with Gasteiger partial charge in [0.25, 0.3) is 0 Å². The van der Waals surface area contributed by atoms with Crippen molar-refractivity contribution in [1.29, 1.82) is 0 Å². The highest BCUT2D eigenvalue weighted by Gasteiger charge is 2.43. The zero-order chi connectivity index (χ0) is 82.6. The summed E-state index contributed by atoms with van der Waals surface area (Å²) in [5.74, 6) is -1.75. The van der Waals surface area contributed by atoms with Crippen LogP contribution < -0.4 is 0 Å². The summed E-state index contributed by atoms with van der Waals surface area (Å²) in [4.78, 5) is 102. The Morgan fingerprint density at radius 2 is 0.841 bits per heavy atom. The van der Waals surface area contributed by atoms with Crippen LogP contribution in [0.25, 0.3) is 28.8 Å². The maximum absolute atomic E-state index is 11.7. The average Bonchev–Trinajstić information content (AvgIpc) is 1.62. The Labute approximate surface area is 658 Å². The van der Waals surface area contributed by atoms with Gasteiger partial charge in [0.05, 0.1) is 50.6 Å². The number of benzene rings is 8. The van der Waals surface area contributed by atoms with Crippen LogP contribution in [-0.2, 0) is 38.9 Å². The predicted octanol–water partition coefficient (Wildman–Crippen LogP) is 18.7. The van der Waals surface area contributed by atoms with Crippen LogP contribution in [0.2, 0.25) is 0 Å². The SMILES string of the molecule is C/C=C/C=C1\OC(=O)c2ccccc21.C=C1OC(=O)c2ccccc21.C=C1OC(=O)c2ccccc21.CC(O)C/C=C1\OC(=O)c2ccccc21.CCC/C=C1\OC(=O)c2ccccc21.CCCCC(=O)c1ccccc1C(=O)O.CCCCC1(O)OC(=O)c2ccccc21.CCCCC1OC(=O)c2ccccc21.CO.CO. The Kier molecular flexibility index (Phi) is 36.0. The highest BCUT2D eigenvalue weighted by Crippen LogP contribution is 2.39. The van der Waals surface area contributed by atoms with Gasteiger partial charge >= 0.3 is 47.8 Å². The highest BCUT2D eigenvalue weighted by atomic mass is 16.7. The molecule has 113 heavy (non-hydrogen) atoms. The van der Waals surface area contributed by atoms with E-state index in [1.807, 2.05) is 136 Å². The first kappa shape index (κ1) is 89.4. The van der Waals surface area contributed by atoms with Crippen LogP contribution in [0, 0.1) is 0 Å². The lowest BCUT2D eigenvalue weighted by Crippen LogP contribution is -2.25. The number of aromatic carboxylic acids is 1. The fourth-order valence-electron chi connectivity index (χ4n) is 11.7. The first-order chi connectivity index (χ1) is 54.6. The van der Waals surface area contributed by atoms with E-state index >= 15 is 0 Å². The number of aliphatic hydroxyl groups excluding tert-OH is 3. The molecule has 0 spiro atoms. The van der Waals surface area contributed by atoms with Gasteiger partial charge in [0.2, 0.25) is 5.79 Å². The van der Waals surface area contributed by atoms with Crippen LogP contribution in [-0.4, -0.2) is 99.4 Å². The number of carbonyl (C=O) groups excluding carboxylic acids is 8. The van der Waals surface area contributed by atoms with Gasteiger partial charge in [0.1, 0.15) is 34.9 Å². The van der Waals surface area contributed by atoms with E-state index in [1.165, 1.54) is 6.07 Å². The maximum atomic E-state index is 11.7.